The standard InChI is InChI=1S/C21H20N2O3S/c1-14-6-2-4-8-18(14)23-21-20(26-21)16-12-10-15(11-13-16)17-7-3-5-9-19(17)27(22,24)25/h2-13,20-21,23H,1H3,(H2,22,24,25). The van der Waals surface area contributed by atoms with E-state index in [0.717, 1.165) is 16.8 Å². The van der Waals surface area contributed by atoms with Gasteiger partial charge in [-0.25, -0.2) is 13.6 Å². The summed E-state index contributed by atoms with van der Waals surface area (Å²) in [4.78, 5) is 0.125. The number of para-hydroxylation sites is 1. The maximum absolute atomic E-state index is 11.8. The van der Waals surface area contributed by atoms with E-state index in [0.29, 0.717) is 5.56 Å². The van der Waals surface area contributed by atoms with E-state index >= 15 is 0 Å². The Kier molecular flexibility index (Phi) is 4.47. The van der Waals surface area contributed by atoms with Crippen molar-refractivity contribution in [1.29, 1.82) is 0 Å². The number of aryl methyl sites for hydroxylation is 1. The van der Waals surface area contributed by atoms with Crippen LogP contribution in [0.15, 0.2) is 77.7 Å². The van der Waals surface area contributed by atoms with Crippen LogP contribution in [-0.4, -0.2) is 14.6 Å². The summed E-state index contributed by atoms with van der Waals surface area (Å²) in [6.45, 7) is 2.05. The Balaban J connectivity index is 1.52. The van der Waals surface area contributed by atoms with Gasteiger partial charge in [0.1, 0.15) is 6.10 Å². The van der Waals surface area contributed by atoms with Crippen LogP contribution in [0.4, 0.5) is 5.69 Å². The summed E-state index contributed by atoms with van der Waals surface area (Å²) in [7, 11) is -3.78. The van der Waals surface area contributed by atoms with Gasteiger partial charge in [0.2, 0.25) is 10.0 Å². The number of ether oxygens (including phenoxy) is 1. The van der Waals surface area contributed by atoms with Crippen LogP contribution in [-0.2, 0) is 14.8 Å². The highest BCUT2D eigenvalue weighted by atomic mass is 32.2. The van der Waals surface area contributed by atoms with Crippen molar-refractivity contribution < 1.29 is 13.2 Å². The first-order chi connectivity index (χ1) is 12.9. The van der Waals surface area contributed by atoms with E-state index in [1.54, 1.807) is 18.2 Å². The number of nitrogens with one attached hydrogen (secondary N) is 1. The summed E-state index contributed by atoms with van der Waals surface area (Å²) in [5, 5.41) is 8.72. The Morgan fingerprint density at radius 1 is 0.926 bits per heavy atom. The predicted molar refractivity (Wildman–Crippen MR) is 106 cm³/mol. The van der Waals surface area contributed by atoms with Gasteiger partial charge in [0.15, 0.2) is 6.23 Å². The zero-order chi connectivity index (χ0) is 19.0. The Labute approximate surface area is 158 Å². The number of rotatable bonds is 5. The molecule has 3 aromatic rings. The molecule has 0 saturated carbocycles. The Morgan fingerprint density at radius 2 is 1.59 bits per heavy atom. The van der Waals surface area contributed by atoms with Crippen molar-refractivity contribution >= 4 is 15.7 Å². The SMILES string of the molecule is Cc1ccccc1NC1OC1c1ccc(-c2ccccc2S(N)(=O)=O)cc1. The molecule has 5 nitrogen and oxygen atoms in total. The number of benzene rings is 3. The highest BCUT2D eigenvalue weighted by Gasteiger charge is 2.40. The van der Waals surface area contributed by atoms with Crippen LogP contribution >= 0.6 is 0 Å². The third kappa shape index (κ3) is 3.73. The maximum Gasteiger partial charge on any atom is 0.238 e. The van der Waals surface area contributed by atoms with Crippen molar-refractivity contribution in [3.05, 3.63) is 83.9 Å². The molecule has 2 unspecified atom stereocenters. The van der Waals surface area contributed by atoms with Gasteiger partial charge in [0.05, 0.1) is 4.90 Å². The molecule has 6 heteroatoms. The topological polar surface area (TPSA) is 84.7 Å². The average Bonchev–Trinajstić information content (AvgIpc) is 3.42. The van der Waals surface area contributed by atoms with Crippen molar-refractivity contribution in [3.63, 3.8) is 0 Å². The van der Waals surface area contributed by atoms with E-state index in [1.807, 2.05) is 42.5 Å². The van der Waals surface area contributed by atoms with Crippen molar-refractivity contribution in [1.82, 2.24) is 0 Å². The van der Waals surface area contributed by atoms with Crippen LogP contribution in [0.3, 0.4) is 0 Å². The molecular weight excluding hydrogens is 360 g/mol. The third-order valence-corrected chi connectivity index (χ3v) is 5.65. The number of primary sulfonamides is 1. The normalized spacial score (nSPS) is 18.9. The van der Waals surface area contributed by atoms with Crippen LogP contribution in [0.1, 0.15) is 17.2 Å². The molecule has 0 aliphatic carbocycles. The molecule has 1 heterocycles. The molecule has 1 aliphatic heterocycles. The van der Waals surface area contributed by atoms with E-state index in [-0.39, 0.29) is 17.2 Å². The van der Waals surface area contributed by atoms with Gasteiger partial charge in [-0.3, -0.25) is 0 Å². The van der Waals surface area contributed by atoms with Gasteiger partial charge in [-0.05, 0) is 35.7 Å². The number of epoxide rings is 1. The molecule has 1 fully saturated rings. The monoisotopic (exact) mass is 380 g/mol. The number of hydrogen-bond acceptors (Lipinski definition) is 4. The highest BCUT2D eigenvalue weighted by Crippen LogP contribution is 2.40. The Bertz CT molecular complexity index is 1080. The average molecular weight is 380 g/mol. The molecule has 0 bridgehead atoms. The summed E-state index contributed by atoms with van der Waals surface area (Å²) < 4.78 is 29.4. The van der Waals surface area contributed by atoms with Gasteiger partial charge in [0.25, 0.3) is 0 Å². The minimum absolute atomic E-state index is 0.0212. The van der Waals surface area contributed by atoms with Gasteiger partial charge < -0.3 is 10.1 Å². The molecule has 27 heavy (non-hydrogen) atoms. The van der Waals surface area contributed by atoms with Crippen molar-refractivity contribution in [2.24, 2.45) is 5.14 Å². The molecule has 0 radical (unpaired) electrons. The zero-order valence-corrected chi connectivity index (χ0v) is 15.6. The van der Waals surface area contributed by atoms with Gasteiger partial charge in [-0.1, -0.05) is 60.7 Å². The van der Waals surface area contributed by atoms with Gasteiger partial charge >= 0.3 is 0 Å². The molecule has 3 N–H and O–H groups in total. The quantitative estimate of drug-likeness (QED) is 0.659. The van der Waals surface area contributed by atoms with Crippen LogP contribution in [0, 0.1) is 6.92 Å². The van der Waals surface area contributed by atoms with Gasteiger partial charge in [0, 0.05) is 11.3 Å². The summed E-state index contributed by atoms with van der Waals surface area (Å²) in [5.74, 6) is 0. The lowest BCUT2D eigenvalue weighted by Crippen LogP contribution is -2.13. The Morgan fingerprint density at radius 3 is 2.30 bits per heavy atom. The summed E-state index contributed by atoms with van der Waals surface area (Å²) >= 11 is 0. The molecule has 0 spiro atoms. The first-order valence-electron chi connectivity index (χ1n) is 8.63. The largest absolute Gasteiger partial charge is 0.357 e. The molecule has 3 aromatic carbocycles. The summed E-state index contributed by atoms with van der Waals surface area (Å²) in [5.41, 5.74) is 4.66. The predicted octanol–water partition coefficient (Wildman–Crippen LogP) is 3.82. The van der Waals surface area contributed by atoms with E-state index in [2.05, 4.69) is 18.3 Å². The van der Waals surface area contributed by atoms with Crippen LogP contribution in [0.5, 0.6) is 0 Å². The van der Waals surface area contributed by atoms with Crippen molar-refractivity contribution in [3.8, 4) is 11.1 Å². The third-order valence-electron chi connectivity index (χ3n) is 4.68. The molecule has 0 aromatic heterocycles. The fourth-order valence-corrected chi connectivity index (χ4v) is 3.93. The number of hydrogen-bond donors (Lipinski definition) is 2. The van der Waals surface area contributed by atoms with E-state index in [1.165, 1.54) is 11.6 Å². The second-order valence-corrected chi connectivity index (χ2v) is 8.13. The molecule has 1 saturated heterocycles. The van der Waals surface area contributed by atoms with Crippen LogP contribution < -0.4 is 10.5 Å². The smallest absolute Gasteiger partial charge is 0.238 e. The number of anilines is 1. The molecule has 2 atom stereocenters. The van der Waals surface area contributed by atoms with E-state index < -0.39 is 10.0 Å². The zero-order valence-electron chi connectivity index (χ0n) is 14.8. The molecular formula is C21H20N2O3S. The second-order valence-electron chi connectivity index (χ2n) is 6.60. The summed E-state index contributed by atoms with van der Waals surface area (Å²) in [6.07, 6.45) is -0.0826. The minimum Gasteiger partial charge on any atom is -0.357 e. The van der Waals surface area contributed by atoms with E-state index in [4.69, 9.17) is 9.88 Å². The molecule has 1 aliphatic rings. The van der Waals surface area contributed by atoms with Crippen molar-refractivity contribution in [2.45, 2.75) is 24.2 Å². The first kappa shape index (κ1) is 17.7. The lowest BCUT2D eigenvalue weighted by atomic mass is 10.0. The number of sulfonamides is 1. The van der Waals surface area contributed by atoms with Crippen molar-refractivity contribution in [2.75, 3.05) is 5.32 Å². The highest BCUT2D eigenvalue weighted by molar-refractivity contribution is 7.89. The molecule has 0 amide bonds. The van der Waals surface area contributed by atoms with Gasteiger partial charge in [-0.2, -0.15) is 0 Å². The van der Waals surface area contributed by atoms with Crippen LogP contribution in [0.2, 0.25) is 0 Å². The lowest BCUT2D eigenvalue weighted by Gasteiger charge is -2.09. The van der Waals surface area contributed by atoms with Gasteiger partial charge in [-0.15, -0.1) is 0 Å². The molecule has 138 valence electrons. The molecule has 4 rings (SSSR count). The second kappa shape index (κ2) is 6.81. The maximum atomic E-state index is 11.8. The van der Waals surface area contributed by atoms with E-state index in [9.17, 15) is 8.42 Å². The first-order valence-corrected chi connectivity index (χ1v) is 10.2. The minimum atomic E-state index is -3.78. The van der Waals surface area contributed by atoms with Crippen LogP contribution in [0.25, 0.3) is 11.1 Å². The Hall–Kier alpha value is -2.67. The number of nitrogens with two attached hydrogens (primary N) is 1. The fraction of sp³-hybridized carbons (Fsp3) is 0.143. The summed E-state index contributed by atoms with van der Waals surface area (Å²) in [6, 6.07) is 22.5. The fourth-order valence-electron chi connectivity index (χ4n) is 3.17. The lowest BCUT2D eigenvalue weighted by molar-refractivity contribution is 0.386.